The minimum absolute atomic E-state index is 0. The summed E-state index contributed by atoms with van der Waals surface area (Å²) < 4.78 is 4.00. The second-order valence-electron chi connectivity index (χ2n) is 1.74. The van der Waals surface area contributed by atoms with E-state index in [0.29, 0.717) is 0 Å². The number of hydrogen-bond donors (Lipinski definition) is 0. The summed E-state index contributed by atoms with van der Waals surface area (Å²) in [6.45, 7) is 0. The van der Waals surface area contributed by atoms with E-state index in [1.807, 2.05) is 42.0 Å². The van der Waals surface area contributed by atoms with Crippen molar-refractivity contribution in [3.8, 4) is 0 Å². The van der Waals surface area contributed by atoms with Gasteiger partial charge in [0.2, 0.25) is 6.33 Å². The Morgan fingerprint density at radius 2 is 1.50 bits per heavy atom. The minimum atomic E-state index is 0. The van der Waals surface area contributed by atoms with Gasteiger partial charge in [0.1, 0.15) is 12.4 Å². The molecular weight excluding hydrogens is 286 g/mol. The fraction of sp³-hybridized carbons (Fsp3) is 0.400. The molecule has 7 heteroatoms. The zero-order valence-electron chi connectivity index (χ0n) is 6.49. The van der Waals surface area contributed by atoms with Gasteiger partial charge in [0, 0.05) is 0 Å². The van der Waals surface area contributed by atoms with Gasteiger partial charge in [0.15, 0.2) is 0 Å². The standard InChI is InChI=1S/C5H9N2.4ClH.Fe/c1-6-3-4-7(2)5-6;;;;;/h3-5H,1-2H3;4*1H;/q+1;;;;;+3/p-4. The molecule has 1 radical (unpaired) electrons. The molecule has 0 amide bonds. The number of rotatable bonds is 0. The van der Waals surface area contributed by atoms with Crippen LogP contribution in [0.25, 0.3) is 0 Å². The van der Waals surface area contributed by atoms with E-state index in [9.17, 15) is 0 Å². The van der Waals surface area contributed by atoms with Crippen LogP contribution in [0.2, 0.25) is 0 Å². The first-order valence-electron chi connectivity index (χ1n) is 2.26. The summed E-state index contributed by atoms with van der Waals surface area (Å²) in [7, 11) is 4.00. The second-order valence-corrected chi connectivity index (χ2v) is 1.74. The van der Waals surface area contributed by atoms with E-state index < -0.39 is 0 Å². The van der Waals surface area contributed by atoms with Crippen molar-refractivity contribution in [3.63, 3.8) is 0 Å². The van der Waals surface area contributed by atoms with Crippen LogP contribution in [0.5, 0.6) is 0 Å². The Morgan fingerprint density at radius 1 is 1.08 bits per heavy atom. The fourth-order valence-electron chi connectivity index (χ4n) is 0.575. The molecule has 0 saturated carbocycles. The molecule has 0 aliphatic carbocycles. The number of imidazole rings is 1. The molecule has 0 fully saturated rings. The van der Waals surface area contributed by atoms with Crippen LogP contribution in [0.15, 0.2) is 18.7 Å². The predicted octanol–water partition coefficient (Wildman–Crippen LogP) is -12.1. The molecule has 0 N–H and O–H groups in total. The van der Waals surface area contributed by atoms with Gasteiger partial charge in [-0.05, 0) is 0 Å². The van der Waals surface area contributed by atoms with Gasteiger partial charge in [-0.15, -0.1) is 0 Å². The minimum Gasteiger partial charge on any atom is -1.00 e. The second kappa shape index (κ2) is 14.4. The molecule has 1 aromatic heterocycles. The number of hydrogen-bond acceptors (Lipinski definition) is 0. The van der Waals surface area contributed by atoms with E-state index in [1.54, 1.807) is 0 Å². The quantitative estimate of drug-likeness (QED) is 0.332. The van der Waals surface area contributed by atoms with E-state index in [0.717, 1.165) is 0 Å². The third-order valence-electron chi connectivity index (χ3n) is 0.901. The van der Waals surface area contributed by atoms with Gasteiger partial charge in [-0.3, -0.25) is 0 Å². The number of aryl methyl sites for hydroxylation is 2. The molecule has 12 heavy (non-hydrogen) atoms. The molecule has 0 aliphatic heterocycles. The molecule has 1 heterocycles. The van der Waals surface area contributed by atoms with Crippen molar-refractivity contribution in [2.45, 2.75) is 0 Å². The molecule has 0 spiro atoms. The van der Waals surface area contributed by atoms with Crippen molar-refractivity contribution in [1.82, 2.24) is 4.57 Å². The van der Waals surface area contributed by atoms with Gasteiger partial charge in [-0.2, -0.15) is 0 Å². The van der Waals surface area contributed by atoms with Crippen molar-refractivity contribution in [2.75, 3.05) is 0 Å². The number of aromatic nitrogens is 2. The smallest absolute Gasteiger partial charge is 1.00 e. The van der Waals surface area contributed by atoms with E-state index in [-0.39, 0.29) is 66.7 Å². The zero-order chi connectivity index (χ0) is 5.28. The normalized spacial score (nSPS) is 5.50. The Kier molecular flexibility index (Phi) is 35.2. The number of halogens is 4. The van der Waals surface area contributed by atoms with Crippen LogP contribution in [0.1, 0.15) is 0 Å². The van der Waals surface area contributed by atoms with Crippen molar-refractivity contribution in [3.05, 3.63) is 18.7 Å². The van der Waals surface area contributed by atoms with E-state index in [2.05, 4.69) is 0 Å². The first-order chi connectivity index (χ1) is 3.29. The van der Waals surface area contributed by atoms with Crippen LogP contribution >= 0.6 is 0 Å². The van der Waals surface area contributed by atoms with Crippen LogP contribution in [0.3, 0.4) is 0 Å². The third-order valence-corrected chi connectivity index (χ3v) is 0.901. The Morgan fingerprint density at radius 3 is 1.58 bits per heavy atom. The Labute approximate surface area is 108 Å². The average Bonchev–Trinajstić information content (AvgIpc) is 1.87. The molecule has 0 unspecified atom stereocenters. The zero-order valence-corrected chi connectivity index (χ0v) is 10.6. The van der Waals surface area contributed by atoms with E-state index in [4.69, 9.17) is 0 Å². The molecule has 0 aliphatic rings. The third kappa shape index (κ3) is 10.9. The molecule has 0 bridgehead atoms. The summed E-state index contributed by atoms with van der Waals surface area (Å²) in [5.41, 5.74) is 0. The molecule has 0 saturated heterocycles. The summed E-state index contributed by atoms with van der Waals surface area (Å²) in [5, 5.41) is 0. The Bertz CT molecular complexity index is 154. The van der Waals surface area contributed by atoms with Gasteiger partial charge in [0.25, 0.3) is 0 Å². The largest absolute Gasteiger partial charge is 3.00 e. The monoisotopic (exact) mass is 293 g/mol. The van der Waals surface area contributed by atoms with Crippen LogP contribution in [-0.4, -0.2) is 4.57 Å². The van der Waals surface area contributed by atoms with Gasteiger partial charge in [-0.25, -0.2) is 9.13 Å². The first-order valence-corrected chi connectivity index (χ1v) is 2.26. The maximum Gasteiger partial charge on any atom is 3.00 e. The summed E-state index contributed by atoms with van der Waals surface area (Å²) in [5.74, 6) is 0. The molecule has 75 valence electrons. The summed E-state index contributed by atoms with van der Waals surface area (Å²) in [6.07, 6.45) is 6.00. The molecule has 0 aromatic carbocycles. The molecular formula is C5H9Cl4FeN2. The topological polar surface area (TPSA) is 8.81 Å². The number of nitrogens with zero attached hydrogens (tertiary/aromatic N) is 2. The fourth-order valence-corrected chi connectivity index (χ4v) is 0.575. The SMILES string of the molecule is Cn1cc[n+](C)c1.[Cl-].[Cl-].[Cl-].[Cl-].[Fe+3]. The van der Waals surface area contributed by atoms with E-state index in [1.165, 1.54) is 0 Å². The van der Waals surface area contributed by atoms with Gasteiger partial charge in [0.05, 0.1) is 14.1 Å². The van der Waals surface area contributed by atoms with Crippen LogP contribution < -0.4 is 54.2 Å². The Hall–Kier alpha value is 0.889. The summed E-state index contributed by atoms with van der Waals surface area (Å²) >= 11 is 0. The van der Waals surface area contributed by atoms with Gasteiger partial charge >= 0.3 is 17.1 Å². The maximum absolute atomic E-state index is 2.00. The molecule has 0 atom stereocenters. The van der Waals surface area contributed by atoms with Crippen molar-refractivity contribution >= 4 is 0 Å². The van der Waals surface area contributed by atoms with Crippen LogP contribution in [-0.2, 0) is 31.2 Å². The molecule has 1 rings (SSSR count). The predicted molar refractivity (Wildman–Crippen MR) is 26.6 cm³/mol. The summed E-state index contributed by atoms with van der Waals surface area (Å²) in [6, 6.07) is 0. The van der Waals surface area contributed by atoms with Gasteiger partial charge < -0.3 is 49.6 Å². The van der Waals surface area contributed by atoms with Crippen molar-refractivity contribution in [1.29, 1.82) is 0 Å². The van der Waals surface area contributed by atoms with E-state index >= 15 is 0 Å². The van der Waals surface area contributed by atoms with Crippen LogP contribution in [0.4, 0.5) is 0 Å². The van der Waals surface area contributed by atoms with Crippen molar-refractivity contribution < 1.29 is 71.3 Å². The van der Waals surface area contributed by atoms with Gasteiger partial charge in [-0.1, -0.05) is 0 Å². The average molecular weight is 295 g/mol. The molecule has 1 aromatic rings. The Balaban J connectivity index is -0.0000000327. The summed E-state index contributed by atoms with van der Waals surface area (Å²) in [4.78, 5) is 0. The maximum atomic E-state index is 2.00. The first kappa shape index (κ1) is 29.3. The van der Waals surface area contributed by atoms with Crippen LogP contribution in [0, 0.1) is 0 Å². The molecule has 2 nitrogen and oxygen atoms in total. The van der Waals surface area contributed by atoms with Crippen molar-refractivity contribution in [2.24, 2.45) is 14.1 Å².